The average Bonchev–Trinajstić information content (AvgIpc) is 2.39. The highest BCUT2D eigenvalue weighted by atomic mass is 127. The normalized spacial score (nSPS) is 10.9. The van der Waals surface area contributed by atoms with Crippen molar-refractivity contribution < 1.29 is 0 Å². The number of rotatable bonds is 5. The number of halogens is 3. The number of guanidine groups is 1. The van der Waals surface area contributed by atoms with Crippen molar-refractivity contribution in [1.82, 2.24) is 10.2 Å². The van der Waals surface area contributed by atoms with Crippen LogP contribution < -0.4 is 5.32 Å². The highest BCUT2D eigenvalue weighted by Crippen LogP contribution is 2.23. The van der Waals surface area contributed by atoms with Crippen molar-refractivity contribution in [2.24, 2.45) is 4.99 Å². The Morgan fingerprint density at radius 2 is 2.05 bits per heavy atom. The fourth-order valence-corrected chi connectivity index (χ4v) is 2.26. The highest BCUT2D eigenvalue weighted by molar-refractivity contribution is 14.0. The van der Waals surface area contributed by atoms with Crippen molar-refractivity contribution in [2.75, 3.05) is 32.6 Å². The first-order valence-electron chi connectivity index (χ1n) is 5.93. The summed E-state index contributed by atoms with van der Waals surface area (Å²) in [7, 11) is 3.78. The van der Waals surface area contributed by atoms with Crippen molar-refractivity contribution in [3.05, 3.63) is 33.8 Å². The lowest BCUT2D eigenvalue weighted by Crippen LogP contribution is -2.39. The molecule has 0 amide bonds. The first kappa shape index (κ1) is 20.1. The van der Waals surface area contributed by atoms with Crippen LogP contribution in [0.15, 0.2) is 23.2 Å². The summed E-state index contributed by atoms with van der Waals surface area (Å²) in [5, 5.41) is 4.47. The third-order valence-electron chi connectivity index (χ3n) is 2.57. The van der Waals surface area contributed by atoms with E-state index in [1.54, 1.807) is 18.8 Å². The standard InChI is InChI=1S/C13H19Cl2N3S.HI/c1-16-13(17-6-7-19-3)18(2)9-10-4-5-11(14)12(15)8-10;/h4-5,8H,6-7,9H2,1-3H3,(H,16,17);1H. The number of nitrogens with zero attached hydrogens (tertiary/aromatic N) is 2. The molecule has 0 saturated carbocycles. The topological polar surface area (TPSA) is 27.6 Å². The molecular formula is C13H20Cl2IN3S. The number of nitrogens with one attached hydrogen (secondary N) is 1. The first-order chi connectivity index (χ1) is 9.08. The number of aliphatic imine (C=N–C) groups is 1. The summed E-state index contributed by atoms with van der Waals surface area (Å²) < 4.78 is 0. The monoisotopic (exact) mass is 447 g/mol. The van der Waals surface area contributed by atoms with Gasteiger partial charge >= 0.3 is 0 Å². The molecule has 0 aromatic heterocycles. The van der Waals surface area contributed by atoms with E-state index in [-0.39, 0.29) is 24.0 Å². The molecule has 0 spiro atoms. The minimum Gasteiger partial charge on any atom is -0.355 e. The molecule has 1 aromatic rings. The van der Waals surface area contributed by atoms with Crippen LogP contribution in [0.5, 0.6) is 0 Å². The Kier molecular flexibility index (Phi) is 10.9. The van der Waals surface area contributed by atoms with Gasteiger partial charge in [-0.3, -0.25) is 4.99 Å². The van der Waals surface area contributed by atoms with Crippen LogP contribution in [0.2, 0.25) is 10.0 Å². The molecule has 0 aliphatic heterocycles. The molecule has 0 aliphatic carbocycles. The minimum atomic E-state index is 0. The van der Waals surface area contributed by atoms with Crippen LogP contribution >= 0.6 is 58.9 Å². The van der Waals surface area contributed by atoms with Crippen LogP contribution in [0.25, 0.3) is 0 Å². The van der Waals surface area contributed by atoms with E-state index in [0.717, 1.165) is 30.4 Å². The zero-order valence-corrected chi connectivity index (χ0v) is 16.5. The van der Waals surface area contributed by atoms with E-state index in [2.05, 4.69) is 21.5 Å². The maximum Gasteiger partial charge on any atom is 0.193 e. The molecule has 114 valence electrons. The maximum absolute atomic E-state index is 6.01. The van der Waals surface area contributed by atoms with E-state index in [1.807, 2.05) is 25.2 Å². The van der Waals surface area contributed by atoms with Gasteiger partial charge in [0.05, 0.1) is 10.0 Å². The third kappa shape index (κ3) is 6.74. The molecule has 20 heavy (non-hydrogen) atoms. The van der Waals surface area contributed by atoms with Crippen molar-refractivity contribution in [2.45, 2.75) is 6.54 Å². The largest absolute Gasteiger partial charge is 0.355 e. The van der Waals surface area contributed by atoms with Crippen LogP contribution in [0, 0.1) is 0 Å². The molecule has 0 bridgehead atoms. The van der Waals surface area contributed by atoms with Crippen LogP contribution in [0.1, 0.15) is 5.56 Å². The zero-order chi connectivity index (χ0) is 14.3. The molecule has 0 unspecified atom stereocenters. The molecule has 0 atom stereocenters. The highest BCUT2D eigenvalue weighted by Gasteiger charge is 2.07. The zero-order valence-electron chi connectivity index (χ0n) is 11.8. The van der Waals surface area contributed by atoms with Crippen LogP contribution in [-0.4, -0.2) is 43.5 Å². The van der Waals surface area contributed by atoms with E-state index in [9.17, 15) is 0 Å². The number of hydrogen-bond acceptors (Lipinski definition) is 2. The van der Waals surface area contributed by atoms with E-state index < -0.39 is 0 Å². The number of hydrogen-bond donors (Lipinski definition) is 1. The Labute approximate surface area is 152 Å². The molecule has 1 rings (SSSR count). The maximum atomic E-state index is 6.01. The fraction of sp³-hybridized carbons (Fsp3) is 0.462. The molecule has 0 radical (unpaired) electrons. The second-order valence-corrected chi connectivity index (χ2v) is 5.87. The van der Waals surface area contributed by atoms with E-state index >= 15 is 0 Å². The van der Waals surface area contributed by atoms with Gasteiger partial charge in [-0.15, -0.1) is 24.0 Å². The summed E-state index contributed by atoms with van der Waals surface area (Å²) >= 11 is 13.7. The van der Waals surface area contributed by atoms with E-state index in [0.29, 0.717) is 10.0 Å². The average molecular weight is 448 g/mol. The molecule has 0 saturated heterocycles. The predicted octanol–water partition coefficient (Wildman–Crippen LogP) is 3.98. The van der Waals surface area contributed by atoms with Gasteiger partial charge in [0, 0.05) is 32.9 Å². The number of thioether (sulfide) groups is 1. The predicted molar refractivity (Wildman–Crippen MR) is 103 cm³/mol. The van der Waals surface area contributed by atoms with Crippen molar-refractivity contribution >= 4 is 64.9 Å². The lowest BCUT2D eigenvalue weighted by Gasteiger charge is -2.22. The SMILES string of the molecule is CN=C(NCCSC)N(C)Cc1ccc(Cl)c(Cl)c1.I. The van der Waals surface area contributed by atoms with Gasteiger partial charge in [0.1, 0.15) is 0 Å². The first-order valence-corrected chi connectivity index (χ1v) is 8.08. The quantitative estimate of drug-likeness (QED) is 0.320. The van der Waals surface area contributed by atoms with Crippen molar-refractivity contribution in [1.29, 1.82) is 0 Å². The lowest BCUT2D eigenvalue weighted by molar-refractivity contribution is 0.479. The summed E-state index contributed by atoms with van der Waals surface area (Å²) in [6, 6.07) is 5.67. The second kappa shape index (κ2) is 10.8. The number of benzene rings is 1. The molecule has 1 aromatic carbocycles. The Hall–Kier alpha value is 0.150. The van der Waals surface area contributed by atoms with Gasteiger partial charge in [0.25, 0.3) is 0 Å². The minimum absolute atomic E-state index is 0. The molecule has 7 heteroatoms. The molecule has 3 nitrogen and oxygen atoms in total. The summed E-state index contributed by atoms with van der Waals surface area (Å²) in [6.45, 7) is 1.63. The summed E-state index contributed by atoms with van der Waals surface area (Å²) in [5.74, 6) is 1.93. The van der Waals surface area contributed by atoms with E-state index in [4.69, 9.17) is 23.2 Å². The molecule has 0 heterocycles. The van der Waals surface area contributed by atoms with Crippen LogP contribution in [0.3, 0.4) is 0 Å². The van der Waals surface area contributed by atoms with E-state index in [1.165, 1.54) is 0 Å². The Bertz CT molecular complexity index is 444. The molecule has 0 aliphatic rings. The Morgan fingerprint density at radius 3 is 2.60 bits per heavy atom. The summed E-state index contributed by atoms with van der Waals surface area (Å²) in [4.78, 5) is 6.31. The van der Waals surface area contributed by atoms with Gasteiger partial charge in [-0.2, -0.15) is 11.8 Å². The van der Waals surface area contributed by atoms with Gasteiger partial charge in [-0.1, -0.05) is 29.3 Å². The Balaban J connectivity index is 0.00000361. The van der Waals surface area contributed by atoms with Gasteiger partial charge in [0.2, 0.25) is 0 Å². The second-order valence-electron chi connectivity index (χ2n) is 4.07. The lowest BCUT2D eigenvalue weighted by atomic mass is 10.2. The van der Waals surface area contributed by atoms with Gasteiger partial charge in [0.15, 0.2) is 5.96 Å². The summed E-state index contributed by atoms with van der Waals surface area (Å²) in [5.41, 5.74) is 1.10. The summed E-state index contributed by atoms with van der Waals surface area (Å²) in [6.07, 6.45) is 2.09. The van der Waals surface area contributed by atoms with Crippen LogP contribution in [-0.2, 0) is 6.54 Å². The van der Waals surface area contributed by atoms with Crippen LogP contribution in [0.4, 0.5) is 0 Å². The smallest absolute Gasteiger partial charge is 0.193 e. The molecule has 1 N–H and O–H groups in total. The van der Waals surface area contributed by atoms with Gasteiger partial charge in [-0.05, 0) is 24.0 Å². The fourth-order valence-electron chi connectivity index (χ4n) is 1.64. The third-order valence-corrected chi connectivity index (χ3v) is 3.92. The van der Waals surface area contributed by atoms with Gasteiger partial charge < -0.3 is 10.2 Å². The molecule has 0 fully saturated rings. The molecular weight excluding hydrogens is 428 g/mol. The Morgan fingerprint density at radius 1 is 1.35 bits per heavy atom. The van der Waals surface area contributed by atoms with Crippen molar-refractivity contribution in [3.8, 4) is 0 Å². The van der Waals surface area contributed by atoms with Crippen molar-refractivity contribution in [3.63, 3.8) is 0 Å². The van der Waals surface area contributed by atoms with Gasteiger partial charge in [-0.25, -0.2) is 0 Å².